The Labute approximate surface area is 33.4 Å². The van der Waals surface area contributed by atoms with Crippen LogP contribution in [0, 0.1) is 0 Å². The van der Waals surface area contributed by atoms with Gasteiger partial charge in [0.05, 0.1) is 0 Å². The van der Waals surface area contributed by atoms with Crippen LogP contribution >= 0.6 is 0 Å². The minimum atomic E-state index is 0.344. The van der Waals surface area contributed by atoms with Crippen molar-refractivity contribution in [2.24, 2.45) is 0 Å². The summed E-state index contributed by atoms with van der Waals surface area (Å²) in [6, 6.07) is 0. The molecule has 2 heteroatoms. The van der Waals surface area contributed by atoms with Crippen molar-refractivity contribution in [2.45, 2.75) is 12.7 Å². The van der Waals surface area contributed by atoms with Crippen molar-refractivity contribution < 1.29 is 5.11 Å². The third kappa shape index (κ3) is 4.02. The van der Waals surface area contributed by atoms with Crippen molar-refractivity contribution in [1.82, 2.24) is 0 Å². The van der Waals surface area contributed by atoms with Gasteiger partial charge >= 0.3 is 0 Å². The van der Waals surface area contributed by atoms with Gasteiger partial charge in [0.1, 0.15) is 7.85 Å². The first-order chi connectivity index (χ1) is 2.41. The molecule has 1 nitrogen and oxygen atoms in total. The molecule has 1 N–H and O–H groups in total. The molecule has 0 aliphatic heterocycles. The molecular weight excluding hydrogens is 62.8 g/mol. The van der Waals surface area contributed by atoms with E-state index in [2.05, 4.69) is 7.85 Å². The molecule has 0 aromatic carbocycles. The van der Waals surface area contributed by atoms with Crippen LogP contribution in [0.5, 0.6) is 0 Å². The van der Waals surface area contributed by atoms with Crippen LogP contribution in [0.25, 0.3) is 0 Å². The average Bonchev–Trinajstić information content (AvgIpc) is 1.41. The highest BCUT2D eigenvalue weighted by atomic mass is 16.2. The summed E-state index contributed by atoms with van der Waals surface area (Å²) in [4.78, 5) is 0. The van der Waals surface area contributed by atoms with Crippen LogP contribution in [0.3, 0.4) is 0 Å². The van der Waals surface area contributed by atoms with Crippen LogP contribution < -0.4 is 0 Å². The SMILES string of the molecule is BCCCO. The lowest BCUT2D eigenvalue weighted by Gasteiger charge is -1.79. The van der Waals surface area contributed by atoms with Gasteiger partial charge in [0, 0.05) is 6.61 Å². The molecule has 0 bridgehead atoms. The number of aliphatic hydroxyl groups is 1. The van der Waals surface area contributed by atoms with Gasteiger partial charge < -0.3 is 5.11 Å². The lowest BCUT2D eigenvalue weighted by atomic mass is 10.0. The van der Waals surface area contributed by atoms with Crippen molar-refractivity contribution in [3.05, 3.63) is 0 Å². The van der Waals surface area contributed by atoms with Gasteiger partial charge in [-0.15, -0.1) is 0 Å². The number of hydrogen-bond donors (Lipinski definition) is 1. The minimum absolute atomic E-state index is 0.344. The standard InChI is InChI=1S/C3H9BO/c4-2-1-3-5/h5H,1-4H2. The van der Waals surface area contributed by atoms with E-state index in [1.165, 1.54) is 0 Å². The zero-order valence-corrected chi connectivity index (χ0v) is 3.57. The fourth-order valence-corrected chi connectivity index (χ4v) is 0.158. The fourth-order valence-electron chi connectivity index (χ4n) is 0.158. The third-order valence-corrected chi connectivity index (χ3v) is 0.512. The molecule has 30 valence electrons. The van der Waals surface area contributed by atoms with Gasteiger partial charge in [-0.25, -0.2) is 0 Å². The molecule has 5 heavy (non-hydrogen) atoms. The summed E-state index contributed by atoms with van der Waals surface area (Å²) in [6.07, 6.45) is 2.04. The Bertz CT molecular complexity index is 14.4. The number of aliphatic hydroxyl groups excluding tert-OH is 1. The summed E-state index contributed by atoms with van der Waals surface area (Å²) >= 11 is 0. The van der Waals surface area contributed by atoms with E-state index in [1.807, 2.05) is 0 Å². The van der Waals surface area contributed by atoms with Crippen LogP contribution in [0.15, 0.2) is 0 Å². The lowest BCUT2D eigenvalue weighted by Crippen LogP contribution is -1.77. The molecule has 0 aromatic heterocycles. The van der Waals surface area contributed by atoms with E-state index in [4.69, 9.17) is 5.11 Å². The second-order valence-corrected chi connectivity index (χ2v) is 1.08. The Morgan fingerprint density at radius 1 is 1.60 bits per heavy atom. The lowest BCUT2D eigenvalue weighted by molar-refractivity contribution is 0.295. The molecule has 0 saturated carbocycles. The summed E-state index contributed by atoms with van der Waals surface area (Å²) in [6.45, 7) is 0.344. The highest BCUT2D eigenvalue weighted by molar-refractivity contribution is 6.08. The molecule has 0 rings (SSSR count). The van der Waals surface area contributed by atoms with Crippen LogP contribution in [-0.2, 0) is 0 Å². The number of hydrogen-bond acceptors (Lipinski definition) is 1. The van der Waals surface area contributed by atoms with E-state index in [-0.39, 0.29) is 0 Å². The highest BCUT2D eigenvalue weighted by Crippen LogP contribution is 1.76. The summed E-state index contributed by atoms with van der Waals surface area (Å²) in [5, 5.41) is 8.07. The first kappa shape index (κ1) is 5.02. The first-order valence-corrected chi connectivity index (χ1v) is 2.02. The van der Waals surface area contributed by atoms with Crippen molar-refractivity contribution in [1.29, 1.82) is 0 Å². The van der Waals surface area contributed by atoms with Crippen LogP contribution in [0.4, 0.5) is 0 Å². The molecule has 0 heterocycles. The maximum absolute atomic E-state index is 8.07. The molecule has 0 atom stereocenters. The quantitative estimate of drug-likeness (QED) is 0.432. The van der Waals surface area contributed by atoms with Gasteiger partial charge in [-0.2, -0.15) is 0 Å². The van der Waals surface area contributed by atoms with Crippen molar-refractivity contribution in [3.63, 3.8) is 0 Å². The number of rotatable bonds is 2. The van der Waals surface area contributed by atoms with Crippen LogP contribution in [0.2, 0.25) is 6.32 Å². The normalized spacial score (nSPS) is 8.20. The van der Waals surface area contributed by atoms with E-state index >= 15 is 0 Å². The van der Waals surface area contributed by atoms with Crippen LogP contribution in [-0.4, -0.2) is 19.6 Å². The molecule has 0 saturated heterocycles. The monoisotopic (exact) mass is 72.1 g/mol. The maximum Gasteiger partial charge on any atom is 0.101 e. The zero-order chi connectivity index (χ0) is 4.12. The van der Waals surface area contributed by atoms with Crippen molar-refractivity contribution >= 4 is 7.85 Å². The molecule has 0 aliphatic rings. The van der Waals surface area contributed by atoms with E-state index in [1.54, 1.807) is 0 Å². The molecule has 0 aromatic rings. The Hall–Kier alpha value is 0.0249. The fraction of sp³-hybridized carbons (Fsp3) is 1.00. The minimum Gasteiger partial charge on any atom is -0.396 e. The van der Waals surface area contributed by atoms with E-state index in [9.17, 15) is 0 Å². The van der Waals surface area contributed by atoms with E-state index in [0.717, 1.165) is 12.7 Å². The van der Waals surface area contributed by atoms with Gasteiger partial charge in [0.2, 0.25) is 0 Å². The maximum atomic E-state index is 8.07. The first-order valence-electron chi connectivity index (χ1n) is 2.02. The average molecular weight is 71.9 g/mol. The molecule has 0 amide bonds. The summed E-state index contributed by atoms with van der Waals surface area (Å²) in [5.41, 5.74) is 0. The van der Waals surface area contributed by atoms with Gasteiger partial charge in [0.15, 0.2) is 0 Å². The van der Waals surface area contributed by atoms with Gasteiger partial charge in [0.25, 0.3) is 0 Å². The predicted molar refractivity (Wildman–Crippen MR) is 25.1 cm³/mol. The third-order valence-electron chi connectivity index (χ3n) is 0.512. The second-order valence-electron chi connectivity index (χ2n) is 1.08. The predicted octanol–water partition coefficient (Wildman–Crippen LogP) is -0.580. The topological polar surface area (TPSA) is 20.2 Å². The largest absolute Gasteiger partial charge is 0.396 e. The highest BCUT2D eigenvalue weighted by Gasteiger charge is 1.69. The molecule has 0 spiro atoms. The van der Waals surface area contributed by atoms with Gasteiger partial charge in [-0.05, 0) is 6.42 Å². The summed E-state index contributed by atoms with van der Waals surface area (Å²) < 4.78 is 0. The smallest absolute Gasteiger partial charge is 0.101 e. The zero-order valence-electron chi connectivity index (χ0n) is 3.57. The van der Waals surface area contributed by atoms with Crippen LogP contribution in [0.1, 0.15) is 6.42 Å². The Morgan fingerprint density at radius 2 is 2.20 bits per heavy atom. The Kier molecular flexibility index (Phi) is 4.05. The molecule has 0 fully saturated rings. The molecule has 0 radical (unpaired) electrons. The Balaban J connectivity index is 2.19. The van der Waals surface area contributed by atoms with E-state index in [0.29, 0.717) is 6.61 Å². The van der Waals surface area contributed by atoms with Gasteiger partial charge in [-0.1, -0.05) is 6.32 Å². The van der Waals surface area contributed by atoms with Gasteiger partial charge in [-0.3, -0.25) is 0 Å². The Morgan fingerprint density at radius 3 is 2.20 bits per heavy atom. The molecule has 0 aliphatic carbocycles. The van der Waals surface area contributed by atoms with E-state index < -0.39 is 0 Å². The van der Waals surface area contributed by atoms with Crippen molar-refractivity contribution in [3.8, 4) is 0 Å². The van der Waals surface area contributed by atoms with Crippen molar-refractivity contribution in [2.75, 3.05) is 6.61 Å². The molecule has 0 unspecified atom stereocenters. The second kappa shape index (κ2) is 4.02. The molecular formula is C3H9BO. The summed E-state index contributed by atoms with van der Waals surface area (Å²) in [7, 11) is 2.05. The summed E-state index contributed by atoms with van der Waals surface area (Å²) in [5.74, 6) is 0.